The minimum atomic E-state index is 0.854. The van der Waals surface area contributed by atoms with Gasteiger partial charge in [0.1, 0.15) is 5.65 Å². The van der Waals surface area contributed by atoms with Crippen LogP contribution in [0.5, 0.6) is 0 Å². The summed E-state index contributed by atoms with van der Waals surface area (Å²) in [5, 5.41) is 14.2. The monoisotopic (exact) mass is 394 g/mol. The van der Waals surface area contributed by atoms with Crippen molar-refractivity contribution in [1.82, 2.24) is 39.1 Å². The second-order valence-electron chi connectivity index (χ2n) is 7.39. The summed E-state index contributed by atoms with van der Waals surface area (Å²) in [7, 11) is 3.84. The van der Waals surface area contributed by atoms with Gasteiger partial charge in [-0.25, -0.2) is 9.50 Å². The van der Waals surface area contributed by atoms with E-state index >= 15 is 0 Å². The number of aryl methyl sites for hydroxylation is 2. The Hall–Kier alpha value is -4.20. The van der Waals surface area contributed by atoms with E-state index < -0.39 is 0 Å². The maximum atomic E-state index is 4.53. The number of nitrogens with zero attached hydrogens (tertiary/aromatic N) is 7. The lowest BCUT2D eigenvalue weighted by atomic mass is 9.99. The summed E-state index contributed by atoms with van der Waals surface area (Å²) in [6.07, 6.45) is 15.5. The van der Waals surface area contributed by atoms with Gasteiger partial charge in [0.05, 0.1) is 24.1 Å². The lowest BCUT2D eigenvalue weighted by Gasteiger charge is -2.06. The van der Waals surface area contributed by atoms with Crippen LogP contribution in [0.2, 0.25) is 0 Å². The lowest BCUT2D eigenvalue weighted by Crippen LogP contribution is -1.88. The molecule has 1 N–H and O–H groups in total. The molecule has 6 aromatic heterocycles. The zero-order valence-corrected chi connectivity index (χ0v) is 16.5. The summed E-state index contributed by atoms with van der Waals surface area (Å²) >= 11 is 0. The normalized spacial score (nSPS) is 11.7. The van der Waals surface area contributed by atoms with E-state index in [-0.39, 0.29) is 0 Å². The first-order chi connectivity index (χ1) is 14.7. The smallest absolute Gasteiger partial charge is 0.138 e. The summed E-state index contributed by atoms with van der Waals surface area (Å²) in [6.45, 7) is 0. The second-order valence-corrected chi connectivity index (χ2v) is 7.39. The Bertz CT molecular complexity index is 1530. The van der Waals surface area contributed by atoms with Crippen LogP contribution in [0.4, 0.5) is 0 Å². The predicted molar refractivity (Wildman–Crippen MR) is 115 cm³/mol. The number of H-pyrrole nitrogens is 1. The number of aromatic amines is 1. The molecule has 0 radical (unpaired) electrons. The SMILES string of the molecule is Cn1cc(-c2ccnc3[nH]cc(-c4ccn5ncc(-c6cnn(C)c6)c5c4)c23)cn1. The van der Waals surface area contributed by atoms with Crippen molar-refractivity contribution in [3.05, 3.63) is 67.8 Å². The van der Waals surface area contributed by atoms with Crippen molar-refractivity contribution < 1.29 is 0 Å². The van der Waals surface area contributed by atoms with Gasteiger partial charge in [0.25, 0.3) is 0 Å². The van der Waals surface area contributed by atoms with E-state index in [0.29, 0.717) is 0 Å². The first-order valence-corrected chi connectivity index (χ1v) is 9.59. The van der Waals surface area contributed by atoms with Crippen molar-refractivity contribution in [3.8, 4) is 33.4 Å². The molecule has 0 aromatic carbocycles. The third-order valence-electron chi connectivity index (χ3n) is 5.44. The van der Waals surface area contributed by atoms with Crippen molar-refractivity contribution in [2.24, 2.45) is 14.1 Å². The topological polar surface area (TPSA) is 81.6 Å². The maximum Gasteiger partial charge on any atom is 0.138 e. The van der Waals surface area contributed by atoms with Gasteiger partial charge in [-0.15, -0.1) is 0 Å². The van der Waals surface area contributed by atoms with Crippen LogP contribution in [0, 0.1) is 0 Å². The molecule has 6 rings (SSSR count). The summed E-state index contributed by atoms with van der Waals surface area (Å²) in [5.74, 6) is 0. The first kappa shape index (κ1) is 16.7. The molecule has 146 valence electrons. The summed E-state index contributed by atoms with van der Waals surface area (Å²) in [5.41, 5.74) is 8.33. The van der Waals surface area contributed by atoms with Crippen LogP contribution in [-0.2, 0) is 14.1 Å². The molecule has 0 aliphatic carbocycles. The van der Waals surface area contributed by atoms with Crippen molar-refractivity contribution in [2.45, 2.75) is 0 Å². The molecular formula is C22H18N8. The maximum absolute atomic E-state index is 4.53. The Kier molecular flexibility index (Phi) is 3.43. The highest BCUT2D eigenvalue weighted by atomic mass is 15.2. The number of pyridine rings is 2. The predicted octanol–water partition coefficient (Wildman–Crippen LogP) is 3.68. The molecule has 6 aromatic rings. The van der Waals surface area contributed by atoms with Gasteiger partial charge in [-0.1, -0.05) is 0 Å². The Morgan fingerprint density at radius 1 is 0.800 bits per heavy atom. The van der Waals surface area contributed by atoms with E-state index in [1.807, 2.05) is 78.9 Å². The van der Waals surface area contributed by atoms with Gasteiger partial charge in [-0.3, -0.25) is 9.36 Å². The van der Waals surface area contributed by atoms with E-state index in [9.17, 15) is 0 Å². The lowest BCUT2D eigenvalue weighted by molar-refractivity contribution is 0.768. The van der Waals surface area contributed by atoms with E-state index in [2.05, 4.69) is 37.4 Å². The molecule has 0 aliphatic rings. The van der Waals surface area contributed by atoms with Gasteiger partial charge in [0, 0.05) is 72.7 Å². The van der Waals surface area contributed by atoms with E-state index in [1.54, 1.807) is 4.68 Å². The molecule has 0 spiro atoms. The van der Waals surface area contributed by atoms with E-state index in [4.69, 9.17) is 0 Å². The Labute approximate surface area is 171 Å². The number of hydrogen-bond acceptors (Lipinski definition) is 4. The van der Waals surface area contributed by atoms with Crippen molar-refractivity contribution in [2.75, 3.05) is 0 Å². The van der Waals surface area contributed by atoms with Crippen LogP contribution in [0.1, 0.15) is 0 Å². The standard InChI is InChI=1S/C22H18N8/c1-28-12-15(8-25-28)17-3-5-23-22-21(17)19(10-24-22)14-4-6-30-20(7-14)18(11-27-30)16-9-26-29(2)13-16/h3-13H,1-2H3,(H,23,24). The zero-order valence-electron chi connectivity index (χ0n) is 16.5. The van der Waals surface area contributed by atoms with Crippen molar-refractivity contribution >= 4 is 16.6 Å². The molecule has 0 aliphatic heterocycles. The fraction of sp³-hybridized carbons (Fsp3) is 0.0909. The fourth-order valence-corrected chi connectivity index (χ4v) is 4.02. The minimum Gasteiger partial charge on any atom is -0.345 e. The van der Waals surface area contributed by atoms with Crippen LogP contribution in [0.3, 0.4) is 0 Å². The van der Waals surface area contributed by atoms with Gasteiger partial charge >= 0.3 is 0 Å². The number of hydrogen-bond donors (Lipinski definition) is 1. The van der Waals surface area contributed by atoms with Crippen molar-refractivity contribution in [1.29, 1.82) is 0 Å². The molecule has 0 bridgehead atoms. The molecule has 6 heterocycles. The molecule has 0 saturated heterocycles. The molecule has 0 fully saturated rings. The molecular weight excluding hydrogens is 376 g/mol. The molecule has 8 heteroatoms. The van der Waals surface area contributed by atoms with E-state index in [1.165, 1.54) is 0 Å². The fourth-order valence-electron chi connectivity index (χ4n) is 4.02. The zero-order chi connectivity index (χ0) is 20.2. The number of rotatable bonds is 3. The Balaban J connectivity index is 1.57. The first-order valence-electron chi connectivity index (χ1n) is 9.59. The second kappa shape index (κ2) is 6.15. The average molecular weight is 394 g/mol. The van der Waals surface area contributed by atoms with Crippen LogP contribution in [-0.4, -0.2) is 39.1 Å². The molecule has 0 saturated carbocycles. The van der Waals surface area contributed by atoms with Crippen molar-refractivity contribution in [3.63, 3.8) is 0 Å². The third-order valence-corrected chi connectivity index (χ3v) is 5.44. The molecule has 0 unspecified atom stereocenters. The summed E-state index contributed by atoms with van der Waals surface area (Å²) < 4.78 is 5.50. The number of fused-ring (bicyclic) bond motifs is 2. The average Bonchev–Trinajstić information content (AvgIpc) is 3.52. The van der Waals surface area contributed by atoms with Gasteiger partial charge in [-0.2, -0.15) is 15.3 Å². The van der Waals surface area contributed by atoms with E-state index in [0.717, 1.165) is 49.9 Å². The van der Waals surface area contributed by atoms with Gasteiger partial charge in [-0.05, 0) is 29.3 Å². The third kappa shape index (κ3) is 2.47. The summed E-state index contributed by atoms with van der Waals surface area (Å²) in [4.78, 5) is 7.85. The van der Waals surface area contributed by atoms with Crippen LogP contribution >= 0.6 is 0 Å². The highest BCUT2D eigenvalue weighted by molar-refractivity contribution is 6.04. The van der Waals surface area contributed by atoms with Crippen LogP contribution in [0.15, 0.2) is 67.8 Å². The molecule has 8 nitrogen and oxygen atoms in total. The highest BCUT2D eigenvalue weighted by Gasteiger charge is 2.16. The Morgan fingerprint density at radius 3 is 2.30 bits per heavy atom. The van der Waals surface area contributed by atoms with Crippen LogP contribution < -0.4 is 0 Å². The van der Waals surface area contributed by atoms with Gasteiger partial charge in [0.15, 0.2) is 0 Å². The minimum absolute atomic E-state index is 0.854. The molecule has 0 atom stereocenters. The highest BCUT2D eigenvalue weighted by Crippen LogP contribution is 2.36. The largest absolute Gasteiger partial charge is 0.345 e. The van der Waals surface area contributed by atoms with Gasteiger partial charge < -0.3 is 4.98 Å². The number of aromatic nitrogens is 8. The molecule has 0 amide bonds. The summed E-state index contributed by atoms with van der Waals surface area (Å²) in [6, 6.07) is 6.28. The Morgan fingerprint density at radius 2 is 1.57 bits per heavy atom. The van der Waals surface area contributed by atoms with Crippen LogP contribution in [0.25, 0.3) is 49.9 Å². The molecule has 30 heavy (non-hydrogen) atoms. The number of nitrogens with one attached hydrogen (secondary N) is 1. The quantitative estimate of drug-likeness (QED) is 0.496. The van der Waals surface area contributed by atoms with Gasteiger partial charge in [0.2, 0.25) is 0 Å².